The number of rotatable bonds is 5. The van der Waals surface area contributed by atoms with Crippen molar-refractivity contribution in [2.45, 2.75) is 51.4 Å². The quantitative estimate of drug-likeness (QED) is 0.771. The Balaban J connectivity index is 2.10. The van der Waals surface area contributed by atoms with Crippen LogP contribution in [0.1, 0.15) is 31.9 Å². The lowest BCUT2D eigenvalue weighted by atomic mass is 10.0. The Kier molecular flexibility index (Phi) is 5.26. The first-order chi connectivity index (χ1) is 9.39. The minimum absolute atomic E-state index is 0.0161. The van der Waals surface area contributed by atoms with Crippen molar-refractivity contribution >= 4 is 20.6 Å². The zero-order valence-electron chi connectivity index (χ0n) is 12.6. The first-order valence-electron chi connectivity index (χ1n) is 7.11. The fraction of sp³-hybridized carbons (Fsp3) is 0.600. The molecular formula is C15H23ClO3Si. The van der Waals surface area contributed by atoms with E-state index in [0.717, 1.165) is 23.6 Å². The lowest BCUT2D eigenvalue weighted by molar-refractivity contribution is -0.147. The minimum Gasteiger partial charge on any atom is -0.420 e. The molecule has 112 valence electrons. The highest BCUT2D eigenvalue weighted by atomic mass is 35.5. The molecule has 20 heavy (non-hydrogen) atoms. The summed E-state index contributed by atoms with van der Waals surface area (Å²) in [5.41, 5.74) is 0.992. The minimum atomic E-state index is -0.991. The molecule has 0 radical (unpaired) electrons. The van der Waals surface area contributed by atoms with Crippen molar-refractivity contribution in [3.8, 4) is 0 Å². The van der Waals surface area contributed by atoms with Gasteiger partial charge in [-0.3, -0.25) is 0 Å². The van der Waals surface area contributed by atoms with Gasteiger partial charge < -0.3 is 13.9 Å². The van der Waals surface area contributed by atoms with Gasteiger partial charge in [0, 0.05) is 17.2 Å². The van der Waals surface area contributed by atoms with E-state index < -0.39 is 14.8 Å². The van der Waals surface area contributed by atoms with Gasteiger partial charge in [0.1, 0.15) is 6.10 Å². The fourth-order valence-electron chi connectivity index (χ4n) is 2.44. The summed E-state index contributed by atoms with van der Waals surface area (Å²) in [6.07, 6.45) is 0.679. The van der Waals surface area contributed by atoms with Crippen molar-refractivity contribution in [2.75, 3.05) is 6.61 Å². The largest absolute Gasteiger partial charge is 0.420 e. The smallest absolute Gasteiger partial charge is 0.170 e. The molecule has 0 saturated carbocycles. The number of hydrogen-bond donors (Lipinski definition) is 0. The van der Waals surface area contributed by atoms with Gasteiger partial charge in [-0.15, -0.1) is 0 Å². The second kappa shape index (κ2) is 6.58. The van der Waals surface area contributed by atoms with E-state index in [2.05, 4.69) is 13.1 Å². The molecule has 5 heteroatoms. The standard InChI is InChI=1S/C15H23ClO3Si/c1-15(2)18-13(9-10-17-20(3)4)14(19-15)11-7-5-6-8-12(11)16/h5-8,13-14,20H,9-10H2,1-4H3/t13-,14-/m1/s1. The van der Waals surface area contributed by atoms with Crippen LogP contribution in [0.4, 0.5) is 0 Å². The molecule has 2 rings (SSSR count). The normalized spacial score (nSPS) is 25.3. The van der Waals surface area contributed by atoms with E-state index in [1.807, 2.05) is 38.1 Å². The van der Waals surface area contributed by atoms with E-state index in [1.54, 1.807) is 0 Å². The molecule has 0 N–H and O–H groups in total. The molecule has 1 heterocycles. The van der Waals surface area contributed by atoms with Crippen LogP contribution in [-0.4, -0.2) is 27.5 Å². The van der Waals surface area contributed by atoms with E-state index in [9.17, 15) is 0 Å². The molecule has 1 saturated heterocycles. The van der Waals surface area contributed by atoms with Crippen molar-refractivity contribution in [1.29, 1.82) is 0 Å². The topological polar surface area (TPSA) is 27.7 Å². The lowest BCUT2D eigenvalue weighted by Crippen LogP contribution is -2.23. The third-order valence-corrected chi connectivity index (χ3v) is 4.50. The Bertz CT molecular complexity index is 450. The summed E-state index contributed by atoms with van der Waals surface area (Å²) >= 11 is 6.29. The van der Waals surface area contributed by atoms with Crippen LogP contribution in [0.2, 0.25) is 18.1 Å². The van der Waals surface area contributed by atoms with Gasteiger partial charge in [0.05, 0.1) is 6.10 Å². The molecule has 1 aliphatic rings. The molecule has 2 atom stereocenters. The van der Waals surface area contributed by atoms with Gasteiger partial charge in [-0.05, 0) is 39.4 Å². The highest BCUT2D eigenvalue weighted by molar-refractivity contribution is 6.48. The maximum Gasteiger partial charge on any atom is 0.170 e. The highest BCUT2D eigenvalue weighted by Gasteiger charge is 2.42. The predicted octanol–water partition coefficient (Wildman–Crippen LogP) is 3.92. The fourth-order valence-corrected chi connectivity index (χ4v) is 3.29. The van der Waals surface area contributed by atoms with Gasteiger partial charge in [0.25, 0.3) is 0 Å². The van der Waals surface area contributed by atoms with Crippen LogP contribution in [0.15, 0.2) is 24.3 Å². The van der Waals surface area contributed by atoms with Crippen molar-refractivity contribution in [1.82, 2.24) is 0 Å². The third-order valence-electron chi connectivity index (χ3n) is 3.25. The molecule has 0 aromatic heterocycles. The highest BCUT2D eigenvalue weighted by Crippen LogP contribution is 2.41. The zero-order chi connectivity index (χ0) is 14.8. The van der Waals surface area contributed by atoms with E-state index in [0.29, 0.717) is 0 Å². The molecule has 1 aliphatic heterocycles. The zero-order valence-corrected chi connectivity index (χ0v) is 14.5. The van der Waals surface area contributed by atoms with Gasteiger partial charge in [-0.1, -0.05) is 29.8 Å². The summed E-state index contributed by atoms with van der Waals surface area (Å²) in [5.74, 6) is -0.580. The molecule has 0 unspecified atom stereocenters. The maximum absolute atomic E-state index is 6.29. The molecule has 1 fully saturated rings. The summed E-state index contributed by atoms with van der Waals surface area (Å²) in [7, 11) is -0.991. The molecule has 1 aromatic rings. The Labute approximate surface area is 127 Å². The Morgan fingerprint density at radius 3 is 2.60 bits per heavy atom. The predicted molar refractivity (Wildman–Crippen MR) is 83.7 cm³/mol. The van der Waals surface area contributed by atoms with Crippen LogP contribution < -0.4 is 0 Å². The van der Waals surface area contributed by atoms with Gasteiger partial charge in [0.2, 0.25) is 0 Å². The average Bonchev–Trinajstić information content (AvgIpc) is 2.65. The second-order valence-corrected chi connectivity index (χ2v) is 8.66. The van der Waals surface area contributed by atoms with Crippen LogP contribution in [0.25, 0.3) is 0 Å². The third kappa shape index (κ3) is 4.05. The number of benzene rings is 1. The first kappa shape index (κ1) is 16.0. The van der Waals surface area contributed by atoms with Crippen molar-refractivity contribution in [3.05, 3.63) is 34.9 Å². The molecule has 1 aromatic carbocycles. The number of halogens is 1. The van der Waals surface area contributed by atoms with Gasteiger partial charge in [0.15, 0.2) is 14.8 Å². The summed E-state index contributed by atoms with van der Waals surface area (Å²) < 4.78 is 17.8. The molecule has 0 bridgehead atoms. The van der Waals surface area contributed by atoms with E-state index in [1.165, 1.54) is 0 Å². The van der Waals surface area contributed by atoms with Crippen molar-refractivity contribution in [2.24, 2.45) is 0 Å². The Hall–Kier alpha value is -0.393. The van der Waals surface area contributed by atoms with Gasteiger partial charge >= 0.3 is 0 Å². The molecule has 0 amide bonds. The molecular weight excluding hydrogens is 292 g/mol. The van der Waals surface area contributed by atoms with Gasteiger partial charge in [-0.2, -0.15) is 0 Å². The Morgan fingerprint density at radius 2 is 1.95 bits per heavy atom. The van der Waals surface area contributed by atoms with Crippen LogP contribution in [0, 0.1) is 0 Å². The van der Waals surface area contributed by atoms with Crippen LogP contribution in [0.3, 0.4) is 0 Å². The summed E-state index contributed by atoms with van der Waals surface area (Å²) in [6, 6.07) is 7.79. The summed E-state index contributed by atoms with van der Waals surface area (Å²) in [4.78, 5) is 0. The molecule has 0 spiro atoms. The van der Waals surface area contributed by atoms with E-state index >= 15 is 0 Å². The van der Waals surface area contributed by atoms with Crippen LogP contribution >= 0.6 is 11.6 Å². The van der Waals surface area contributed by atoms with Crippen LogP contribution in [0.5, 0.6) is 0 Å². The van der Waals surface area contributed by atoms with E-state index in [-0.39, 0.29) is 12.2 Å². The summed E-state index contributed by atoms with van der Waals surface area (Å²) in [5, 5.41) is 0.725. The van der Waals surface area contributed by atoms with Gasteiger partial charge in [-0.25, -0.2) is 0 Å². The Morgan fingerprint density at radius 1 is 1.25 bits per heavy atom. The number of hydrogen-bond acceptors (Lipinski definition) is 3. The van der Waals surface area contributed by atoms with Crippen molar-refractivity contribution < 1.29 is 13.9 Å². The molecule has 3 nitrogen and oxygen atoms in total. The van der Waals surface area contributed by atoms with E-state index in [4.69, 9.17) is 25.5 Å². The lowest BCUT2D eigenvalue weighted by Gasteiger charge is -2.18. The van der Waals surface area contributed by atoms with Crippen LogP contribution in [-0.2, 0) is 13.9 Å². The second-order valence-electron chi connectivity index (χ2n) is 5.82. The maximum atomic E-state index is 6.29. The number of ether oxygens (including phenoxy) is 2. The monoisotopic (exact) mass is 314 g/mol. The first-order valence-corrected chi connectivity index (χ1v) is 10.3. The average molecular weight is 315 g/mol. The molecule has 0 aliphatic carbocycles. The SMILES string of the molecule is C[SiH](C)OCC[C@H]1OC(C)(C)O[C@@H]1c1ccccc1Cl. The van der Waals surface area contributed by atoms with Crippen molar-refractivity contribution in [3.63, 3.8) is 0 Å². The summed E-state index contributed by atoms with van der Waals surface area (Å²) in [6.45, 7) is 8.93.